The molecule has 1 N–H and O–H groups in total. The molecule has 2 amide bonds. The van der Waals surface area contributed by atoms with Crippen LogP contribution in [0.5, 0.6) is 5.75 Å². The molecule has 3 rings (SSSR count). The maximum absolute atomic E-state index is 12.4. The lowest BCUT2D eigenvalue weighted by Gasteiger charge is -2.17. The lowest BCUT2D eigenvalue weighted by atomic mass is 9.86. The van der Waals surface area contributed by atoms with Gasteiger partial charge in [-0.2, -0.15) is 0 Å². The number of anilines is 2. The summed E-state index contributed by atoms with van der Waals surface area (Å²) in [5.74, 6) is 0.625. The molecule has 0 saturated heterocycles. The zero-order valence-electron chi connectivity index (χ0n) is 14.9. The fourth-order valence-corrected chi connectivity index (χ4v) is 3.28. The fraction of sp³-hybridized carbons (Fsp3) is 0.300. The summed E-state index contributed by atoms with van der Waals surface area (Å²) in [6.07, 6.45) is 0.226. The van der Waals surface area contributed by atoms with Crippen molar-refractivity contribution in [2.75, 3.05) is 24.4 Å². The first-order chi connectivity index (χ1) is 11.8. The van der Waals surface area contributed by atoms with Gasteiger partial charge in [-0.25, -0.2) is 0 Å². The summed E-state index contributed by atoms with van der Waals surface area (Å²) in [7, 11) is 3.36. The molecule has 1 aliphatic rings. The van der Waals surface area contributed by atoms with Crippen LogP contribution in [0.4, 0.5) is 11.4 Å². The molecule has 0 radical (unpaired) electrons. The summed E-state index contributed by atoms with van der Waals surface area (Å²) < 4.78 is 5.28. The number of para-hydroxylation sites is 1. The van der Waals surface area contributed by atoms with Crippen LogP contribution in [0.2, 0.25) is 0 Å². The van der Waals surface area contributed by atoms with Gasteiger partial charge in [0, 0.05) is 24.0 Å². The fourth-order valence-electron chi connectivity index (χ4n) is 3.28. The van der Waals surface area contributed by atoms with Crippen molar-refractivity contribution >= 4 is 23.2 Å². The van der Waals surface area contributed by atoms with Crippen molar-refractivity contribution in [1.29, 1.82) is 0 Å². The second-order valence-corrected chi connectivity index (χ2v) is 6.76. The molecule has 0 unspecified atom stereocenters. The molecule has 2 aromatic carbocycles. The van der Waals surface area contributed by atoms with Crippen molar-refractivity contribution < 1.29 is 14.3 Å². The minimum atomic E-state index is -0.590. The molecule has 2 aromatic rings. The van der Waals surface area contributed by atoms with Crippen LogP contribution in [0, 0.1) is 0 Å². The number of hydrogen-bond acceptors (Lipinski definition) is 3. The van der Waals surface area contributed by atoms with Gasteiger partial charge in [0.25, 0.3) is 0 Å². The van der Waals surface area contributed by atoms with E-state index in [1.54, 1.807) is 19.1 Å². The Bertz CT molecular complexity index is 843. The number of fused-ring (bicyclic) bond motifs is 1. The SMILES string of the molecule is COc1ccccc1CC(=O)Nc1ccc2c(c1)C(C)(C)C(=O)N2C. The van der Waals surface area contributed by atoms with Gasteiger partial charge in [0.15, 0.2) is 0 Å². The number of nitrogens with one attached hydrogen (secondary N) is 1. The molecule has 0 saturated carbocycles. The standard InChI is InChI=1S/C20H22N2O3/c1-20(2)15-12-14(9-10-16(15)22(3)19(20)24)21-18(23)11-13-7-5-6-8-17(13)25-4/h5-10,12H,11H2,1-4H3,(H,21,23). The van der Waals surface area contributed by atoms with Gasteiger partial charge in [-0.15, -0.1) is 0 Å². The molecule has 0 bridgehead atoms. The maximum Gasteiger partial charge on any atom is 0.236 e. The second kappa shape index (κ2) is 6.24. The highest BCUT2D eigenvalue weighted by molar-refractivity contribution is 6.07. The first kappa shape index (κ1) is 17.0. The van der Waals surface area contributed by atoms with Crippen molar-refractivity contribution in [1.82, 2.24) is 0 Å². The quantitative estimate of drug-likeness (QED) is 0.932. The molecule has 5 heteroatoms. The van der Waals surface area contributed by atoms with E-state index in [0.29, 0.717) is 11.4 Å². The number of methoxy groups -OCH3 is 1. The Morgan fingerprint density at radius 1 is 1.20 bits per heavy atom. The summed E-state index contributed by atoms with van der Waals surface area (Å²) >= 11 is 0. The Hall–Kier alpha value is -2.82. The summed E-state index contributed by atoms with van der Waals surface area (Å²) in [6, 6.07) is 13.0. The van der Waals surface area contributed by atoms with Crippen LogP contribution in [0.25, 0.3) is 0 Å². The number of benzene rings is 2. The van der Waals surface area contributed by atoms with Gasteiger partial charge in [-0.05, 0) is 43.7 Å². The zero-order valence-corrected chi connectivity index (χ0v) is 14.9. The number of amides is 2. The normalized spacial score (nSPS) is 15.0. The topological polar surface area (TPSA) is 58.6 Å². The van der Waals surface area contributed by atoms with Crippen LogP contribution in [0.3, 0.4) is 0 Å². The van der Waals surface area contributed by atoms with E-state index in [2.05, 4.69) is 5.32 Å². The first-order valence-electron chi connectivity index (χ1n) is 8.19. The predicted octanol–water partition coefficient (Wildman–Crippen LogP) is 3.13. The van der Waals surface area contributed by atoms with E-state index in [1.165, 1.54) is 0 Å². The highest BCUT2D eigenvalue weighted by Gasteiger charge is 2.42. The first-order valence-corrected chi connectivity index (χ1v) is 8.19. The molecule has 0 atom stereocenters. The Kier molecular flexibility index (Phi) is 4.25. The van der Waals surface area contributed by atoms with Crippen LogP contribution in [0.1, 0.15) is 25.0 Å². The minimum absolute atomic E-state index is 0.0556. The number of carbonyl (C=O) groups is 2. The molecular weight excluding hydrogens is 316 g/mol. The molecule has 0 fully saturated rings. The van der Waals surface area contributed by atoms with Crippen molar-refractivity contribution in [3.8, 4) is 5.75 Å². The van der Waals surface area contributed by atoms with E-state index < -0.39 is 5.41 Å². The highest BCUT2D eigenvalue weighted by atomic mass is 16.5. The number of likely N-dealkylation sites (N-methyl/N-ethyl adjacent to an activating group) is 1. The average Bonchev–Trinajstić information content (AvgIpc) is 2.76. The minimum Gasteiger partial charge on any atom is -0.496 e. The largest absolute Gasteiger partial charge is 0.496 e. The number of ether oxygens (including phenoxy) is 1. The lowest BCUT2D eigenvalue weighted by Crippen LogP contribution is -2.33. The third-order valence-corrected chi connectivity index (χ3v) is 4.70. The van der Waals surface area contributed by atoms with E-state index in [0.717, 1.165) is 16.8 Å². The molecule has 25 heavy (non-hydrogen) atoms. The van der Waals surface area contributed by atoms with Crippen LogP contribution in [-0.2, 0) is 21.4 Å². The molecule has 0 spiro atoms. The van der Waals surface area contributed by atoms with Crippen molar-refractivity contribution in [3.63, 3.8) is 0 Å². The number of rotatable bonds is 4. The van der Waals surface area contributed by atoms with Gasteiger partial charge >= 0.3 is 0 Å². The van der Waals surface area contributed by atoms with Crippen molar-refractivity contribution in [2.24, 2.45) is 0 Å². The van der Waals surface area contributed by atoms with E-state index in [-0.39, 0.29) is 18.2 Å². The lowest BCUT2D eigenvalue weighted by molar-refractivity contribution is -0.121. The predicted molar refractivity (Wildman–Crippen MR) is 98.2 cm³/mol. The maximum atomic E-state index is 12.4. The van der Waals surface area contributed by atoms with Crippen LogP contribution in [-0.4, -0.2) is 26.0 Å². The molecular formula is C20H22N2O3. The summed E-state index contributed by atoms with van der Waals surface area (Å²) in [5.41, 5.74) is 2.74. The molecule has 1 aliphatic heterocycles. The third kappa shape index (κ3) is 2.97. The summed E-state index contributed by atoms with van der Waals surface area (Å²) in [6.45, 7) is 3.80. The Labute approximate surface area is 147 Å². The Balaban J connectivity index is 1.80. The molecule has 0 aliphatic carbocycles. The van der Waals surface area contributed by atoms with E-state index in [9.17, 15) is 9.59 Å². The van der Waals surface area contributed by atoms with Crippen molar-refractivity contribution in [3.05, 3.63) is 53.6 Å². The number of nitrogens with zero attached hydrogens (tertiary/aromatic N) is 1. The van der Waals surface area contributed by atoms with Gasteiger partial charge in [0.2, 0.25) is 11.8 Å². The zero-order chi connectivity index (χ0) is 18.2. The van der Waals surface area contributed by atoms with Crippen LogP contribution < -0.4 is 15.0 Å². The monoisotopic (exact) mass is 338 g/mol. The molecule has 5 nitrogen and oxygen atoms in total. The Morgan fingerprint density at radius 3 is 2.64 bits per heavy atom. The van der Waals surface area contributed by atoms with Crippen molar-refractivity contribution in [2.45, 2.75) is 25.7 Å². The van der Waals surface area contributed by atoms with Crippen LogP contribution in [0.15, 0.2) is 42.5 Å². The van der Waals surface area contributed by atoms with Crippen LogP contribution >= 0.6 is 0 Å². The van der Waals surface area contributed by atoms with Gasteiger partial charge in [-0.1, -0.05) is 18.2 Å². The molecule has 0 aromatic heterocycles. The van der Waals surface area contributed by atoms with E-state index in [4.69, 9.17) is 4.74 Å². The number of carbonyl (C=O) groups excluding carboxylic acids is 2. The Morgan fingerprint density at radius 2 is 1.92 bits per heavy atom. The average molecular weight is 338 g/mol. The molecule has 130 valence electrons. The van der Waals surface area contributed by atoms with Gasteiger partial charge in [-0.3, -0.25) is 9.59 Å². The summed E-state index contributed by atoms with van der Waals surface area (Å²) in [5, 5.41) is 2.91. The van der Waals surface area contributed by atoms with Gasteiger partial charge in [0.05, 0.1) is 18.9 Å². The second-order valence-electron chi connectivity index (χ2n) is 6.76. The third-order valence-electron chi connectivity index (χ3n) is 4.70. The van der Waals surface area contributed by atoms with Gasteiger partial charge < -0.3 is 15.0 Å². The molecule has 1 heterocycles. The highest BCUT2D eigenvalue weighted by Crippen LogP contribution is 2.41. The van der Waals surface area contributed by atoms with E-state index >= 15 is 0 Å². The summed E-state index contributed by atoms with van der Waals surface area (Å²) in [4.78, 5) is 26.4. The number of hydrogen-bond donors (Lipinski definition) is 1. The van der Waals surface area contributed by atoms with Gasteiger partial charge in [0.1, 0.15) is 5.75 Å². The van der Waals surface area contributed by atoms with E-state index in [1.807, 2.05) is 56.3 Å². The smallest absolute Gasteiger partial charge is 0.236 e.